The van der Waals surface area contributed by atoms with Crippen molar-refractivity contribution in [3.05, 3.63) is 54.5 Å². The molecule has 128 valence electrons. The smallest absolute Gasteiger partial charge is 0.248 e. The first-order valence-corrected chi connectivity index (χ1v) is 7.79. The van der Waals surface area contributed by atoms with E-state index in [1.165, 1.54) is 6.08 Å². The van der Waals surface area contributed by atoms with Gasteiger partial charge in [-0.15, -0.1) is 10.2 Å². The molecule has 25 heavy (non-hydrogen) atoms. The fourth-order valence-electron chi connectivity index (χ4n) is 2.32. The lowest BCUT2D eigenvalue weighted by Gasteiger charge is -2.09. The van der Waals surface area contributed by atoms with E-state index in [2.05, 4.69) is 15.5 Å². The van der Waals surface area contributed by atoms with Crippen LogP contribution in [0.15, 0.2) is 48.9 Å². The second-order valence-corrected chi connectivity index (χ2v) is 5.18. The van der Waals surface area contributed by atoms with Crippen molar-refractivity contribution >= 4 is 23.3 Å². The molecule has 0 saturated carbocycles. The number of rotatable bonds is 6. The Balaban J connectivity index is 1.69. The van der Waals surface area contributed by atoms with Gasteiger partial charge in [0, 0.05) is 12.3 Å². The molecule has 3 rings (SSSR count). The molecule has 2 aromatic heterocycles. The Bertz CT molecular complexity index is 918. The molecule has 0 atom stereocenters. The van der Waals surface area contributed by atoms with Crippen LogP contribution in [0.1, 0.15) is 12.5 Å². The van der Waals surface area contributed by atoms with Gasteiger partial charge in [0.25, 0.3) is 0 Å². The monoisotopic (exact) mass is 338 g/mol. The van der Waals surface area contributed by atoms with Gasteiger partial charge in [-0.05, 0) is 42.8 Å². The standard InChI is InChI=1S/C18H18N4O3/c1-3-25-15-7-4-13(10-16(15)24-2)5-9-18(23)20-14-6-8-17-21-19-12-22(17)11-14/h4-12H,3H2,1-2H3,(H,20,23)/b9-5+. The number of aromatic nitrogens is 3. The minimum atomic E-state index is -0.236. The van der Waals surface area contributed by atoms with Crippen molar-refractivity contribution < 1.29 is 14.3 Å². The molecule has 0 unspecified atom stereocenters. The second kappa shape index (κ2) is 7.48. The van der Waals surface area contributed by atoms with Crippen LogP contribution in [0.25, 0.3) is 11.7 Å². The molecule has 7 nitrogen and oxygen atoms in total. The third-order valence-corrected chi connectivity index (χ3v) is 3.47. The number of fused-ring (bicyclic) bond motifs is 1. The van der Waals surface area contributed by atoms with Gasteiger partial charge >= 0.3 is 0 Å². The van der Waals surface area contributed by atoms with Crippen LogP contribution in [-0.2, 0) is 4.79 Å². The Morgan fingerprint density at radius 2 is 2.16 bits per heavy atom. The third-order valence-electron chi connectivity index (χ3n) is 3.47. The van der Waals surface area contributed by atoms with Gasteiger partial charge < -0.3 is 14.8 Å². The lowest BCUT2D eigenvalue weighted by atomic mass is 10.2. The Morgan fingerprint density at radius 3 is 2.96 bits per heavy atom. The van der Waals surface area contributed by atoms with Crippen LogP contribution in [0.4, 0.5) is 5.69 Å². The number of carbonyl (C=O) groups excluding carboxylic acids is 1. The lowest BCUT2D eigenvalue weighted by molar-refractivity contribution is -0.111. The molecule has 0 bridgehead atoms. The van der Waals surface area contributed by atoms with Gasteiger partial charge in [-0.25, -0.2) is 0 Å². The van der Waals surface area contributed by atoms with Gasteiger partial charge in [-0.3, -0.25) is 9.20 Å². The summed E-state index contributed by atoms with van der Waals surface area (Å²) in [6, 6.07) is 9.05. The fourth-order valence-corrected chi connectivity index (χ4v) is 2.32. The van der Waals surface area contributed by atoms with Gasteiger partial charge in [0.1, 0.15) is 6.33 Å². The van der Waals surface area contributed by atoms with Crippen LogP contribution >= 0.6 is 0 Å². The molecular weight excluding hydrogens is 320 g/mol. The van der Waals surface area contributed by atoms with E-state index in [1.54, 1.807) is 42.2 Å². The predicted octanol–water partition coefficient (Wildman–Crippen LogP) is 2.79. The molecule has 1 amide bonds. The highest BCUT2D eigenvalue weighted by atomic mass is 16.5. The summed E-state index contributed by atoms with van der Waals surface area (Å²) in [7, 11) is 1.58. The summed E-state index contributed by atoms with van der Waals surface area (Å²) in [5.74, 6) is 1.07. The van der Waals surface area contributed by atoms with Crippen molar-refractivity contribution in [1.29, 1.82) is 0 Å². The van der Waals surface area contributed by atoms with Crippen LogP contribution in [0.3, 0.4) is 0 Å². The summed E-state index contributed by atoms with van der Waals surface area (Å²) in [5, 5.41) is 10.5. The first kappa shape index (κ1) is 16.5. The molecule has 0 spiro atoms. The number of carbonyl (C=O) groups is 1. The highest BCUT2D eigenvalue weighted by Crippen LogP contribution is 2.28. The average Bonchev–Trinajstić information content (AvgIpc) is 3.09. The largest absolute Gasteiger partial charge is 0.493 e. The van der Waals surface area contributed by atoms with E-state index < -0.39 is 0 Å². The van der Waals surface area contributed by atoms with Gasteiger partial charge in [-0.2, -0.15) is 0 Å². The van der Waals surface area contributed by atoms with Crippen molar-refractivity contribution in [2.45, 2.75) is 6.92 Å². The molecule has 0 fully saturated rings. The molecule has 0 aliphatic rings. The molecular formula is C18H18N4O3. The number of nitrogens with one attached hydrogen (secondary N) is 1. The molecule has 2 heterocycles. The van der Waals surface area contributed by atoms with Gasteiger partial charge in [0.05, 0.1) is 19.4 Å². The number of benzene rings is 1. The number of anilines is 1. The molecule has 7 heteroatoms. The normalized spacial score (nSPS) is 11.0. The highest BCUT2D eigenvalue weighted by molar-refractivity contribution is 6.01. The van der Waals surface area contributed by atoms with Crippen molar-refractivity contribution in [2.24, 2.45) is 0 Å². The number of ether oxygens (including phenoxy) is 2. The third kappa shape index (κ3) is 3.95. The first-order valence-electron chi connectivity index (χ1n) is 7.79. The Labute approximate surface area is 144 Å². The summed E-state index contributed by atoms with van der Waals surface area (Å²) in [4.78, 5) is 12.1. The minimum Gasteiger partial charge on any atom is -0.493 e. The Morgan fingerprint density at radius 1 is 1.28 bits per heavy atom. The zero-order chi connectivity index (χ0) is 17.6. The summed E-state index contributed by atoms with van der Waals surface area (Å²) in [5.41, 5.74) is 2.21. The van der Waals surface area contributed by atoms with Crippen LogP contribution in [-0.4, -0.2) is 34.2 Å². The molecule has 3 aromatic rings. The maximum absolute atomic E-state index is 12.1. The number of hydrogen-bond acceptors (Lipinski definition) is 5. The first-order chi connectivity index (χ1) is 12.2. The van der Waals surface area contributed by atoms with E-state index in [4.69, 9.17) is 9.47 Å². The fraction of sp³-hybridized carbons (Fsp3) is 0.167. The van der Waals surface area contributed by atoms with Crippen LogP contribution in [0, 0.1) is 0 Å². The summed E-state index contributed by atoms with van der Waals surface area (Å²) in [6.45, 7) is 2.47. The zero-order valence-corrected chi connectivity index (χ0v) is 14.0. The summed E-state index contributed by atoms with van der Waals surface area (Å²) < 4.78 is 12.5. The van der Waals surface area contributed by atoms with Crippen molar-refractivity contribution in [2.75, 3.05) is 19.0 Å². The molecule has 1 aromatic carbocycles. The Kier molecular flexibility index (Phi) is 4.94. The van der Waals surface area contributed by atoms with E-state index in [0.29, 0.717) is 23.8 Å². The minimum absolute atomic E-state index is 0.236. The molecule has 0 radical (unpaired) electrons. The Hall–Kier alpha value is -3.35. The lowest BCUT2D eigenvalue weighted by Crippen LogP contribution is -2.08. The topological polar surface area (TPSA) is 77.8 Å². The van der Waals surface area contributed by atoms with E-state index in [9.17, 15) is 4.79 Å². The van der Waals surface area contributed by atoms with Crippen molar-refractivity contribution in [3.8, 4) is 11.5 Å². The second-order valence-electron chi connectivity index (χ2n) is 5.18. The van der Waals surface area contributed by atoms with Gasteiger partial charge in [-0.1, -0.05) is 6.07 Å². The van der Waals surface area contributed by atoms with Gasteiger partial charge in [0.2, 0.25) is 5.91 Å². The number of methoxy groups -OCH3 is 1. The predicted molar refractivity (Wildman–Crippen MR) is 94.8 cm³/mol. The molecule has 1 N–H and O–H groups in total. The average molecular weight is 338 g/mol. The molecule has 0 aliphatic heterocycles. The van der Waals surface area contributed by atoms with Crippen molar-refractivity contribution in [3.63, 3.8) is 0 Å². The van der Waals surface area contributed by atoms with E-state index in [1.807, 2.05) is 25.1 Å². The number of pyridine rings is 1. The molecule has 0 aliphatic carbocycles. The highest BCUT2D eigenvalue weighted by Gasteiger charge is 2.05. The molecule has 0 saturated heterocycles. The van der Waals surface area contributed by atoms with Crippen LogP contribution in [0.5, 0.6) is 11.5 Å². The van der Waals surface area contributed by atoms with E-state index >= 15 is 0 Å². The number of nitrogens with zero attached hydrogens (tertiary/aromatic N) is 3. The number of amides is 1. The summed E-state index contributed by atoms with van der Waals surface area (Å²) in [6.07, 6.45) is 6.50. The zero-order valence-electron chi connectivity index (χ0n) is 14.0. The van der Waals surface area contributed by atoms with Crippen LogP contribution < -0.4 is 14.8 Å². The van der Waals surface area contributed by atoms with Crippen LogP contribution in [0.2, 0.25) is 0 Å². The van der Waals surface area contributed by atoms with Gasteiger partial charge in [0.15, 0.2) is 17.1 Å². The number of hydrogen-bond donors (Lipinski definition) is 1. The quantitative estimate of drug-likeness (QED) is 0.699. The van der Waals surface area contributed by atoms with E-state index in [-0.39, 0.29) is 5.91 Å². The summed E-state index contributed by atoms with van der Waals surface area (Å²) >= 11 is 0. The van der Waals surface area contributed by atoms with E-state index in [0.717, 1.165) is 11.2 Å². The SMILES string of the molecule is CCOc1ccc(/C=C/C(=O)Nc2ccc3nncn3c2)cc1OC. The maximum atomic E-state index is 12.1. The maximum Gasteiger partial charge on any atom is 0.248 e. The van der Waals surface area contributed by atoms with Crippen molar-refractivity contribution in [1.82, 2.24) is 14.6 Å².